The van der Waals surface area contributed by atoms with Gasteiger partial charge in [0.25, 0.3) is 0 Å². The fraction of sp³-hybridized carbons (Fsp3) is 0.333. The van der Waals surface area contributed by atoms with Gasteiger partial charge in [0.15, 0.2) is 0 Å². The summed E-state index contributed by atoms with van der Waals surface area (Å²) in [4.78, 5) is 0. The molecule has 0 aromatic heterocycles. The molecular weight excluding hydrogens is 108 g/mol. The molecule has 0 aromatic carbocycles. The van der Waals surface area contributed by atoms with Gasteiger partial charge in [-0.3, -0.25) is 0 Å². The van der Waals surface area contributed by atoms with Gasteiger partial charge >= 0.3 is 0 Å². The lowest BCUT2D eigenvalue weighted by atomic mass is 10.1. The van der Waals surface area contributed by atoms with E-state index >= 15 is 0 Å². The molecule has 9 heavy (non-hydrogen) atoms. The minimum Gasteiger partial charge on any atom is -0.0952 e. The third-order valence-corrected chi connectivity index (χ3v) is 1.78. The molecule has 0 atom stereocenters. The second-order valence-corrected chi connectivity index (χ2v) is 2.41. The standard InChI is InChI=1S/C9H12/c1-4-9-7(2)5-6-8(9)3/h4H,2-3,5-6H2,1H3. The maximum absolute atomic E-state index is 3.93. The van der Waals surface area contributed by atoms with Crippen molar-refractivity contribution in [3.63, 3.8) is 0 Å². The zero-order valence-corrected chi connectivity index (χ0v) is 5.91. The van der Waals surface area contributed by atoms with Gasteiger partial charge in [0, 0.05) is 0 Å². The molecule has 0 heteroatoms. The summed E-state index contributed by atoms with van der Waals surface area (Å²) in [5, 5.41) is 0. The van der Waals surface area contributed by atoms with Crippen molar-refractivity contribution in [3.8, 4) is 0 Å². The van der Waals surface area contributed by atoms with E-state index in [4.69, 9.17) is 0 Å². The summed E-state index contributed by atoms with van der Waals surface area (Å²) in [5.41, 5.74) is 3.79. The van der Waals surface area contributed by atoms with E-state index in [2.05, 4.69) is 19.2 Å². The first-order chi connectivity index (χ1) is 4.25. The second kappa shape index (κ2) is 2.22. The van der Waals surface area contributed by atoms with Gasteiger partial charge in [0.05, 0.1) is 0 Å². The monoisotopic (exact) mass is 120 g/mol. The Kier molecular flexibility index (Phi) is 1.56. The zero-order chi connectivity index (χ0) is 6.85. The Morgan fingerprint density at radius 2 is 1.67 bits per heavy atom. The topological polar surface area (TPSA) is 0 Å². The van der Waals surface area contributed by atoms with Crippen molar-refractivity contribution in [2.45, 2.75) is 19.8 Å². The smallest absolute Gasteiger partial charge is 0.0238 e. The van der Waals surface area contributed by atoms with Gasteiger partial charge in [0.1, 0.15) is 0 Å². The lowest BCUT2D eigenvalue weighted by molar-refractivity contribution is 1.06. The van der Waals surface area contributed by atoms with Gasteiger partial charge < -0.3 is 0 Å². The molecule has 1 aliphatic carbocycles. The molecule has 0 unspecified atom stereocenters. The van der Waals surface area contributed by atoms with Crippen LogP contribution in [0.25, 0.3) is 0 Å². The van der Waals surface area contributed by atoms with Crippen LogP contribution < -0.4 is 0 Å². The highest BCUT2D eigenvalue weighted by molar-refractivity contribution is 5.48. The summed E-state index contributed by atoms with van der Waals surface area (Å²) in [6, 6.07) is 0. The highest BCUT2D eigenvalue weighted by atomic mass is 14.2. The molecule has 0 amide bonds. The molecule has 0 saturated heterocycles. The predicted molar refractivity (Wildman–Crippen MR) is 41.3 cm³/mol. The highest BCUT2D eigenvalue weighted by Crippen LogP contribution is 2.32. The predicted octanol–water partition coefficient (Wildman–Crippen LogP) is 2.84. The van der Waals surface area contributed by atoms with Gasteiger partial charge in [-0.2, -0.15) is 0 Å². The summed E-state index contributed by atoms with van der Waals surface area (Å²) >= 11 is 0. The summed E-state index contributed by atoms with van der Waals surface area (Å²) in [7, 11) is 0. The van der Waals surface area contributed by atoms with Crippen LogP contribution in [-0.4, -0.2) is 0 Å². The number of rotatable bonds is 0. The minimum absolute atomic E-state index is 1.11. The van der Waals surface area contributed by atoms with Crippen LogP contribution in [0.4, 0.5) is 0 Å². The van der Waals surface area contributed by atoms with Gasteiger partial charge in [-0.15, -0.1) is 0 Å². The average Bonchev–Trinajstić information content (AvgIpc) is 2.12. The number of hydrogen-bond acceptors (Lipinski definition) is 0. The Morgan fingerprint density at radius 1 is 1.22 bits per heavy atom. The van der Waals surface area contributed by atoms with Crippen molar-refractivity contribution >= 4 is 0 Å². The molecule has 0 N–H and O–H groups in total. The first-order valence-electron chi connectivity index (χ1n) is 3.28. The van der Waals surface area contributed by atoms with Crippen LogP contribution in [0.5, 0.6) is 0 Å². The van der Waals surface area contributed by atoms with Crippen molar-refractivity contribution < 1.29 is 0 Å². The van der Waals surface area contributed by atoms with Gasteiger partial charge in [0.2, 0.25) is 0 Å². The molecule has 1 rings (SSSR count). The van der Waals surface area contributed by atoms with Crippen molar-refractivity contribution in [1.29, 1.82) is 0 Å². The Bertz CT molecular complexity index is 164. The Labute approximate surface area is 56.6 Å². The van der Waals surface area contributed by atoms with E-state index in [1.54, 1.807) is 0 Å². The average molecular weight is 120 g/mol. The van der Waals surface area contributed by atoms with Crippen LogP contribution in [0.1, 0.15) is 19.8 Å². The summed E-state index contributed by atoms with van der Waals surface area (Å²) in [5.74, 6) is 0. The fourth-order valence-electron chi connectivity index (χ4n) is 1.23. The molecule has 0 heterocycles. The molecule has 0 nitrogen and oxygen atoms in total. The molecule has 1 aliphatic rings. The minimum atomic E-state index is 1.11. The molecule has 1 saturated carbocycles. The van der Waals surface area contributed by atoms with Crippen LogP contribution >= 0.6 is 0 Å². The molecule has 0 aliphatic heterocycles. The Balaban J connectivity index is 2.91. The molecule has 0 radical (unpaired) electrons. The van der Waals surface area contributed by atoms with Crippen LogP contribution in [0.3, 0.4) is 0 Å². The van der Waals surface area contributed by atoms with Crippen molar-refractivity contribution in [2.24, 2.45) is 0 Å². The maximum atomic E-state index is 3.93. The Hall–Kier alpha value is -0.780. The zero-order valence-electron chi connectivity index (χ0n) is 5.91. The van der Waals surface area contributed by atoms with Gasteiger partial charge in [-0.1, -0.05) is 19.2 Å². The van der Waals surface area contributed by atoms with Crippen molar-refractivity contribution in [3.05, 3.63) is 36.0 Å². The van der Waals surface area contributed by atoms with Crippen LogP contribution in [0, 0.1) is 0 Å². The molecular formula is C9H12. The van der Waals surface area contributed by atoms with Crippen LogP contribution in [0.15, 0.2) is 36.0 Å². The largest absolute Gasteiger partial charge is 0.0952 e. The SMILES string of the molecule is C=C1CCC(=C)C1=CC. The third-order valence-electron chi connectivity index (χ3n) is 1.78. The van der Waals surface area contributed by atoms with E-state index in [1.807, 2.05) is 6.92 Å². The first-order valence-corrected chi connectivity index (χ1v) is 3.28. The summed E-state index contributed by atoms with van der Waals surface area (Å²) < 4.78 is 0. The van der Waals surface area contributed by atoms with E-state index in [0.29, 0.717) is 0 Å². The summed E-state index contributed by atoms with van der Waals surface area (Å²) in [6.45, 7) is 9.89. The molecule has 0 bridgehead atoms. The number of hydrogen-bond donors (Lipinski definition) is 0. The quantitative estimate of drug-likeness (QED) is 0.461. The van der Waals surface area contributed by atoms with Crippen LogP contribution in [0.2, 0.25) is 0 Å². The van der Waals surface area contributed by atoms with E-state index in [-0.39, 0.29) is 0 Å². The maximum Gasteiger partial charge on any atom is -0.0238 e. The van der Waals surface area contributed by atoms with Crippen LogP contribution in [-0.2, 0) is 0 Å². The number of allylic oxidation sites excluding steroid dienone is 4. The lowest BCUT2D eigenvalue weighted by Crippen LogP contribution is -1.75. The van der Waals surface area contributed by atoms with E-state index < -0.39 is 0 Å². The van der Waals surface area contributed by atoms with Gasteiger partial charge in [-0.25, -0.2) is 0 Å². The Morgan fingerprint density at radius 3 is 1.89 bits per heavy atom. The molecule has 0 spiro atoms. The third kappa shape index (κ3) is 0.973. The van der Waals surface area contributed by atoms with Gasteiger partial charge in [-0.05, 0) is 36.5 Å². The second-order valence-electron chi connectivity index (χ2n) is 2.41. The highest BCUT2D eigenvalue weighted by Gasteiger charge is 2.13. The van der Waals surface area contributed by atoms with E-state index in [9.17, 15) is 0 Å². The van der Waals surface area contributed by atoms with E-state index in [0.717, 1.165) is 12.8 Å². The fourth-order valence-corrected chi connectivity index (χ4v) is 1.23. The normalized spacial score (nSPS) is 19.0. The van der Waals surface area contributed by atoms with Crippen molar-refractivity contribution in [2.75, 3.05) is 0 Å². The lowest BCUT2D eigenvalue weighted by Gasteiger charge is -1.95. The van der Waals surface area contributed by atoms with E-state index in [1.165, 1.54) is 16.7 Å². The molecule has 48 valence electrons. The molecule has 0 aromatic rings. The summed E-state index contributed by atoms with van der Waals surface area (Å²) in [6.07, 6.45) is 4.31. The van der Waals surface area contributed by atoms with Crippen molar-refractivity contribution in [1.82, 2.24) is 0 Å². The first kappa shape index (κ1) is 6.34. The molecule has 1 fully saturated rings.